The van der Waals surface area contributed by atoms with Crippen molar-refractivity contribution < 1.29 is 19.1 Å². The zero-order chi connectivity index (χ0) is 16.4. The summed E-state index contributed by atoms with van der Waals surface area (Å²) in [6.45, 7) is 3.64. The number of rotatable bonds is 4. The van der Waals surface area contributed by atoms with Gasteiger partial charge in [0.05, 0.1) is 22.7 Å². The second-order valence-electron chi connectivity index (χ2n) is 4.88. The lowest BCUT2D eigenvalue weighted by Crippen LogP contribution is -2.34. The maximum Gasteiger partial charge on any atom is 0.293 e. The van der Waals surface area contributed by atoms with Gasteiger partial charge in [0.1, 0.15) is 0 Å². The predicted octanol–water partition coefficient (Wildman–Crippen LogP) is 3.75. The van der Waals surface area contributed by atoms with Crippen LogP contribution in [-0.2, 0) is 4.79 Å². The van der Waals surface area contributed by atoms with Crippen molar-refractivity contribution in [2.45, 2.75) is 19.9 Å². The van der Waals surface area contributed by atoms with E-state index in [0.717, 1.165) is 20.9 Å². The Hall–Kier alpha value is -1.22. The zero-order valence-corrected chi connectivity index (χ0v) is 15.6. The van der Waals surface area contributed by atoms with Crippen molar-refractivity contribution in [1.82, 2.24) is 4.90 Å². The second-order valence-corrected chi connectivity index (χ2v) is 7.04. The molecule has 2 amide bonds. The average Bonchev–Trinajstić information content (AvgIpc) is 2.72. The fourth-order valence-electron chi connectivity index (χ4n) is 2.10. The Morgan fingerprint density at radius 3 is 2.41 bits per heavy atom. The molecule has 0 aromatic heterocycles. The van der Waals surface area contributed by atoms with Crippen LogP contribution in [0.3, 0.4) is 0 Å². The molecular weight excluding hydrogens is 417 g/mol. The van der Waals surface area contributed by atoms with Crippen molar-refractivity contribution in [1.29, 1.82) is 0 Å². The molecule has 1 aromatic carbocycles. The zero-order valence-electron chi connectivity index (χ0n) is 12.7. The van der Waals surface area contributed by atoms with E-state index in [1.807, 2.05) is 19.9 Å². The van der Waals surface area contributed by atoms with Crippen LogP contribution in [0.4, 0.5) is 4.79 Å². The van der Waals surface area contributed by atoms with Crippen LogP contribution in [0.15, 0.2) is 17.0 Å². The van der Waals surface area contributed by atoms with E-state index in [1.54, 1.807) is 26.4 Å². The van der Waals surface area contributed by atoms with Crippen LogP contribution in [0.5, 0.6) is 11.5 Å². The molecule has 1 saturated heterocycles. The van der Waals surface area contributed by atoms with Crippen LogP contribution in [-0.4, -0.2) is 36.3 Å². The molecule has 0 radical (unpaired) electrons. The lowest BCUT2D eigenvalue weighted by molar-refractivity contribution is -0.123. The molecule has 1 aromatic rings. The number of benzene rings is 1. The van der Waals surface area contributed by atoms with E-state index >= 15 is 0 Å². The number of methoxy groups -OCH3 is 2. The average molecular weight is 433 g/mol. The molecule has 1 fully saturated rings. The summed E-state index contributed by atoms with van der Waals surface area (Å²) in [5.41, 5.74) is 0.788. The largest absolute Gasteiger partial charge is 0.493 e. The Morgan fingerprint density at radius 2 is 1.91 bits per heavy atom. The molecule has 5 nitrogen and oxygen atoms in total. The highest BCUT2D eigenvalue weighted by Gasteiger charge is 2.36. The number of ether oxygens (including phenoxy) is 2. The van der Waals surface area contributed by atoms with E-state index in [9.17, 15) is 9.59 Å². The number of amides is 2. The van der Waals surface area contributed by atoms with Gasteiger partial charge in [-0.1, -0.05) is 0 Å². The van der Waals surface area contributed by atoms with Crippen LogP contribution in [0.25, 0.3) is 6.08 Å². The quantitative estimate of drug-likeness (QED) is 0.535. The molecule has 0 N–H and O–H groups in total. The third-order valence-electron chi connectivity index (χ3n) is 3.09. The fraction of sp³-hybridized carbons (Fsp3) is 0.333. The van der Waals surface area contributed by atoms with Gasteiger partial charge < -0.3 is 9.47 Å². The predicted molar refractivity (Wildman–Crippen MR) is 95.2 cm³/mol. The Bertz CT molecular complexity index is 657. The minimum absolute atomic E-state index is 0.149. The first-order valence-corrected chi connectivity index (χ1v) is 8.47. The van der Waals surface area contributed by atoms with E-state index in [-0.39, 0.29) is 17.2 Å². The molecule has 1 aliphatic rings. The van der Waals surface area contributed by atoms with Gasteiger partial charge in [-0.25, -0.2) is 0 Å². The summed E-state index contributed by atoms with van der Waals surface area (Å²) in [5.74, 6) is 0.981. The number of imide groups is 1. The molecule has 2 rings (SSSR count). The Kier molecular flexibility index (Phi) is 5.38. The first-order chi connectivity index (χ1) is 10.4. The van der Waals surface area contributed by atoms with E-state index in [2.05, 4.69) is 22.6 Å². The summed E-state index contributed by atoms with van der Waals surface area (Å²) < 4.78 is 11.5. The fourth-order valence-corrected chi connectivity index (χ4v) is 3.90. The monoisotopic (exact) mass is 433 g/mol. The number of hydrogen-bond acceptors (Lipinski definition) is 5. The molecule has 1 heterocycles. The van der Waals surface area contributed by atoms with E-state index in [4.69, 9.17) is 9.47 Å². The molecule has 0 saturated carbocycles. The van der Waals surface area contributed by atoms with Gasteiger partial charge >= 0.3 is 0 Å². The summed E-state index contributed by atoms with van der Waals surface area (Å²) in [7, 11) is 3.14. The van der Waals surface area contributed by atoms with E-state index in [1.165, 1.54) is 4.90 Å². The smallest absolute Gasteiger partial charge is 0.293 e. The van der Waals surface area contributed by atoms with Gasteiger partial charge in [0.2, 0.25) is 0 Å². The molecule has 0 unspecified atom stereocenters. The van der Waals surface area contributed by atoms with Crippen molar-refractivity contribution in [3.63, 3.8) is 0 Å². The van der Waals surface area contributed by atoms with Gasteiger partial charge in [0.15, 0.2) is 11.5 Å². The highest BCUT2D eigenvalue weighted by molar-refractivity contribution is 14.1. The standard InChI is InChI=1S/C15H16INO4S/c1-8(2)17-14(18)12(22-15(17)19)7-9-5-10(16)13(21-4)11(6-9)20-3/h5-8H,1-4H3/b12-7+. The van der Waals surface area contributed by atoms with Crippen LogP contribution >= 0.6 is 34.4 Å². The number of carbonyl (C=O) groups is 2. The molecule has 118 valence electrons. The molecule has 22 heavy (non-hydrogen) atoms. The molecule has 0 bridgehead atoms. The maximum atomic E-state index is 12.3. The first-order valence-electron chi connectivity index (χ1n) is 6.57. The molecule has 0 atom stereocenters. The highest BCUT2D eigenvalue weighted by atomic mass is 127. The lowest BCUT2D eigenvalue weighted by Gasteiger charge is -2.16. The molecular formula is C15H16INO4S. The van der Waals surface area contributed by atoms with Gasteiger partial charge in [-0.15, -0.1) is 0 Å². The third-order valence-corrected chi connectivity index (χ3v) is 4.78. The van der Waals surface area contributed by atoms with E-state index in [0.29, 0.717) is 16.4 Å². The number of hydrogen-bond donors (Lipinski definition) is 0. The van der Waals surface area contributed by atoms with E-state index < -0.39 is 0 Å². The van der Waals surface area contributed by atoms with Crippen molar-refractivity contribution in [2.24, 2.45) is 0 Å². The minimum atomic E-state index is -0.255. The number of thioether (sulfide) groups is 1. The number of halogens is 1. The van der Waals surface area contributed by atoms with Crippen LogP contribution in [0, 0.1) is 3.57 Å². The topological polar surface area (TPSA) is 55.8 Å². The summed E-state index contributed by atoms with van der Waals surface area (Å²) >= 11 is 3.10. The van der Waals surface area contributed by atoms with Crippen LogP contribution in [0.1, 0.15) is 19.4 Å². The maximum absolute atomic E-state index is 12.3. The van der Waals surface area contributed by atoms with Crippen molar-refractivity contribution in [2.75, 3.05) is 14.2 Å². The van der Waals surface area contributed by atoms with Crippen molar-refractivity contribution >= 4 is 51.6 Å². The summed E-state index contributed by atoms with van der Waals surface area (Å²) in [5, 5.41) is -0.235. The lowest BCUT2D eigenvalue weighted by atomic mass is 10.2. The molecule has 1 aliphatic heterocycles. The Morgan fingerprint density at radius 1 is 1.23 bits per heavy atom. The summed E-state index contributed by atoms with van der Waals surface area (Å²) in [6.07, 6.45) is 1.71. The van der Waals surface area contributed by atoms with Gasteiger partial charge in [0.25, 0.3) is 11.1 Å². The SMILES string of the molecule is COc1cc(/C=C2/SC(=O)N(C(C)C)C2=O)cc(I)c1OC. The molecule has 7 heteroatoms. The number of nitrogens with zero attached hydrogens (tertiary/aromatic N) is 1. The van der Waals surface area contributed by atoms with Crippen LogP contribution < -0.4 is 9.47 Å². The summed E-state index contributed by atoms with van der Waals surface area (Å²) in [6, 6.07) is 3.51. The van der Waals surface area contributed by atoms with Gasteiger partial charge in [0, 0.05) is 6.04 Å². The highest BCUT2D eigenvalue weighted by Crippen LogP contribution is 2.37. The second kappa shape index (κ2) is 6.91. The van der Waals surface area contributed by atoms with Gasteiger partial charge in [-0.2, -0.15) is 0 Å². The molecule has 0 spiro atoms. The van der Waals surface area contributed by atoms with Gasteiger partial charge in [-0.3, -0.25) is 14.5 Å². The first kappa shape index (κ1) is 17.1. The summed E-state index contributed by atoms with van der Waals surface area (Å²) in [4.78, 5) is 25.9. The Balaban J connectivity index is 2.40. The number of carbonyl (C=O) groups excluding carboxylic acids is 2. The minimum Gasteiger partial charge on any atom is -0.493 e. The van der Waals surface area contributed by atoms with Crippen molar-refractivity contribution in [3.8, 4) is 11.5 Å². The Labute approximate surface area is 147 Å². The third kappa shape index (κ3) is 3.24. The molecule has 0 aliphatic carbocycles. The van der Waals surface area contributed by atoms with Crippen molar-refractivity contribution in [3.05, 3.63) is 26.2 Å². The van der Waals surface area contributed by atoms with Crippen LogP contribution in [0.2, 0.25) is 0 Å². The normalized spacial score (nSPS) is 16.8. The van der Waals surface area contributed by atoms with Gasteiger partial charge in [-0.05, 0) is 72.0 Å².